The van der Waals surface area contributed by atoms with Crippen molar-refractivity contribution in [1.82, 2.24) is 14.8 Å². The van der Waals surface area contributed by atoms with Gasteiger partial charge in [-0.1, -0.05) is 11.6 Å². The molecule has 2 rings (SSSR count). The average molecular weight is 321 g/mol. The summed E-state index contributed by atoms with van der Waals surface area (Å²) in [5.74, 6) is -0.0804. The van der Waals surface area contributed by atoms with Gasteiger partial charge in [0.15, 0.2) is 0 Å². The summed E-state index contributed by atoms with van der Waals surface area (Å²) in [7, 11) is 0. The lowest BCUT2D eigenvalue weighted by molar-refractivity contribution is 0.401. The van der Waals surface area contributed by atoms with Crippen molar-refractivity contribution in [2.24, 2.45) is 0 Å². The molecule has 4 nitrogen and oxygen atoms in total. The van der Waals surface area contributed by atoms with Gasteiger partial charge in [-0.05, 0) is 35.0 Å². The van der Waals surface area contributed by atoms with E-state index in [1.807, 2.05) is 6.92 Å². The molecule has 7 heteroatoms. The molecule has 0 N–H and O–H groups in total. The number of nitrogens with zero attached hydrogens (tertiary/aromatic N) is 3. The van der Waals surface area contributed by atoms with Gasteiger partial charge in [-0.3, -0.25) is 0 Å². The van der Waals surface area contributed by atoms with Gasteiger partial charge in [0.25, 0.3) is 0 Å². The molecular formula is C10H8BrClFN3O. The summed E-state index contributed by atoms with van der Waals surface area (Å²) in [5, 5.41) is 4.06. The third-order valence-electron chi connectivity index (χ3n) is 2.01. The highest BCUT2D eigenvalue weighted by atomic mass is 79.9. The molecule has 0 saturated heterocycles. The zero-order valence-electron chi connectivity index (χ0n) is 8.82. The van der Waals surface area contributed by atoms with Crippen LogP contribution in [0.3, 0.4) is 0 Å². The van der Waals surface area contributed by atoms with Crippen LogP contribution in [0.5, 0.6) is 11.8 Å². The van der Waals surface area contributed by atoms with E-state index in [0.29, 0.717) is 23.0 Å². The third kappa shape index (κ3) is 2.76. The van der Waals surface area contributed by atoms with E-state index in [1.54, 1.807) is 4.68 Å². The van der Waals surface area contributed by atoms with E-state index in [4.69, 9.17) is 16.3 Å². The second-order valence-electron chi connectivity index (χ2n) is 3.16. The lowest BCUT2D eigenvalue weighted by atomic mass is 10.3. The number of rotatable bonds is 3. The summed E-state index contributed by atoms with van der Waals surface area (Å²) in [4.78, 5) is 4.04. The van der Waals surface area contributed by atoms with Crippen LogP contribution in [0, 0.1) is 5.82 Å². The molecule has 90 valence electrons. The summed E-state index contributed by atoms with van der Waals surface area (Å²) in [5.41, 5.74) is 0. The van der Waals surface area contributed by atoms with Gasteiger partial charge < -0.3 is 4.74 Å². The lowest BCUT2D eigenvalue weighted by Crippen LogP contribution is -2.00. The number of ether oxygens (including phenoxy) is 1. The van der Waals surface area contributed by atoms with Crippen molar-refractivity contribution >= 4 is 27.5 Å². The van der Waals surface area contributed by atoms with E-state index in [-0.39, 0.29) is 5.02 Å². The molecule has 0 bridgehead atoms. The van der Waals surface area contributed by atoms with Crippen molar-refractivity contribution in [3.8, 4) is 11.8 Å². The minimum Gasteiger partial charge on any atom is -0.424 e. The highest BCUT2D eigenvalue weighted by Crippen LogP contribution is 2.25. The molecule has 1 aromatic carbocycles. The van der Waals surface area contributed by atoms with Crippen LogP contribution in [0.15, 0.2) is 22.9 Å². The van der Waals surface area contributed by atoms with Crippen LogP contribution in [0.25, 0.3) is 0 Å². The van der Waals surface area contributed by atoms with Crippen molar-refractivity contribution in [2.45, 2.75) is 13.5 Å². The molecule has 17 heavy (non-hydrogen) atoms. The van der Waals surface area contributed by atoms with Gasteiger partial charge in [-0.2, -0.15) is 4.98 Å². The Hall–Kier alpha value is -1.14. The molecule has 0 unspecified atom stereocenters. The fraction of sp³-hybridized carbons (Fsp3) is 0.200. The number of hydrogen-bond acceptors (Lipinski definition) is 3. The molecule has 0 aliphatic carbocycles. The molecular weight excluding hydrogens is 312 g/mol. The number of hydrogen-bond donors (Lipinski definition) is 0. The monoisotopic (exact) mass is 319 g/mol. The first-order valence-electron chi connectivity index (χ1n) is 4.83. The Kier molecular flexibility index (Phi) is 3.63. The zero-order valence-corrected chi connectivity index (χ0v) is 11.2. The molecule has 0 radical (unpaired) electrons. The number of aryl methyl sites for hydroxylation is 1. The largest absolute Gasteiger partial charge is 0.424 e. The summed E-state index contributed by atoms with van der Waals surface area (Å²) >= 11 is 8.81. The van der Waals surface area contributed by atoms with Gasteiger partial charge in [-0.25, -0.2) is 9.07 Å². The molecule has 0 spiro atoms. The Morgan fingerprint density at radius 3 is 2.94 bits per heavy atom. The van der Waals surface area contributed by atoms with E-state index in [1.165, 1.54) is 18.2 Å². The Balaban J connectivity index is 2.27. The smallest absolute Gasteiger partial charge is 0.321 e. The second kappa shape index (κ2) is 5.01. The van der Waals surface area contributed by atoms with Gasteiger partial charge in [-0.15, -0.1) is 5.10 Å². The Bertz CT molecular complexity index is 546. The summed E-state index contributed by atoms with van der Waals surface area (Å²) in [6, 6.07) is 4.42. The van der Waals surface area contributed by atoms with Gasteiger partial charge in [0.1, 0.15) is 11.6 Å². The maximum atomic E-state index is 13.0. The Labute approximate surface area is 110 Å². The van der Waals surface area contributed by atoms with E-state index in [9.17, 15) is 4.39 Å². The Morgan fingerprint density at radius 2 is 2.29 bits per heavy atom. The minimum atomic E-state index is -0.489. The van der Waals surface area contributed by atoms with Crippen molar-refractivity contribution in [3.63, 3.8) is 0 Å². The van der Waals surface area contributed by atoms with Crippen molar-refractivity contribution in [3.05, 3.63) is 33.8 Å². The molecule has 0 aliphatic rings. The normalized spacial score (nSPS) is 10.6. The summed E-state index contributed by atoms with van der Waals surface area (Å²) in [6.45, 7) is 2.52. The fourth-order valence-electron chi connectivity index (χ4n) is 1.23. The lowest BCUT2D eigenvalue weighted by Gasteiger charge is -2.05. The molecule has 0 saturated carbocycles. The summed E-state index contributed by atoms with van der Waals surface area (Å²) < 4.78 is 20.4. The third-order valence-corrected chi connectivity index (χ3v) is 2.64. The van der Waals surface area contributed by atoms with E-state index < -0.39 is 5.82 Å². The molecule has 2 aromatic rings. The molecule has 1 heterocycles. The van der Waals surface area contributed by atoms with Gasteiger partial charge in [0.05, 0.1) is 5.02 Å². The maximum Gasteiger partial charge on any atom is 0.321 e. The second-order valence-corrected chi connectivity index (χ2v) is 4.27. The zero-order chi connectivity index (χ0) is 12.4. The quantitative estimate of drug-likeness (QED) is 0.866. The number of benzene rings is 1. The minimum absolute atomic E-state index is 0.00382. The SMILES string of the molecule is CCn1nc(Br)nc1Oc1ccc(F)c(Cl)c1. The highest BCUT2D eigenvalue weighted by Gasteiger charge is 2.10. The van der Waals surface area contributed by atoms with Crippen LogP contribution in [0.1, 0.15) is 6.92 Å². The fourth-order valence-corrected chi connectivity index (χ4v) is 1.74. The van der Waals surface area contributed by atoms with Crippen LogP contribution in [-0.2, 0) is 6.54 Å². The van der Waals surface area contributed by atoms with Gasteiger partial charge >= 0.3 is 6.01 Å². The van der Waals surface area contributed by atoms with E-state index in [0.717, 1.165) is 0 Å². The standard InChI is InChI=1S/C10H8BrClFN3O/c1-2-16-10(14-9(11)15-16)17-6-3-4-8(13)7(12)5-6/h3-5H,2H2,1H3. The maximum absolute atomic E-state index is 13.0. The number of aromatic nitrogens is 3. The first-order chi connectivity index (χ1) is 8.10. The van der Waals surface area contributed by atoms with E-state index in [2.05, 4.69) is 26.0 Å². The van der Waals surface area contributed by atoms with Crippen molar-refractivity contribution in [1.29, 1.82) is 0 Å². The van der Waals surface area contributed by atoms with Gasteiger partial charge in [0, 0.05) is 12.6 Å². The highest BCUT2D eigenvalue weighted by molar-refractivity contribution is 9.10. The van der Waals surface area contributed by atoms with Crippen LogP contribution < -0.4 is 4.74 Å². The topological polar surface area (TPSA) is 39.9 Å². The van der Waals surface area contributed by atoms with Crippen molar-refractivity contribution in [2.75, 3.05) is 0 Å². The van der Waals surface area contributed by atoms with Crippen LogP contribution in [-0.4, -0.2) is 14.8 Å². The molecule has 0 fully saturated rings. The average Bonchev–Trinajstić information content (AvgIpc) is 2.64. The molecule has 0 atom stereocenters. The molecule has 1 aromatic heterocycles. The first-order valence-corrected chi connectivity index (χ1v) is 6.00. The molecule has 0 amide bonds. The van der Waals surface area contributed by atoms with E-state index >= 15 is 0 Å². The van der Waals surface area contributed by atoms with Crippen LogP contribution >= 0.6 is 27.5 Å². The molecule has 0 aliphatic heterocycles. The predicted molar refractivity (Wildman–Crippen MR) is 64.9 cm³/mol. The summed E-state index contributed by atoms with van der Waals surface area (Å²) in [6.07, 6.45) is 0. The van der Waals surface area contributed by atoms with Crippen molar-refractivity contribution < 1.29 is 9.13 Å². The number of halogens is 3. The Morgan fingerprint density at radius 1 is 1.53 bits per heavy atom. The van der Waals surface area contributed by atoms with Crippen LogP contribution in [0.2, 0.25) is 5.02 Å². The van der Waals surface area contributed by atoms with Gasteiger partial charge in [0.2, 0.25) is 4.73 Å². The predicted octanol–water partition coefficient (Wildman–Crippen LogP) is 3.65. The first kappa shape index (κ1) is 12.3. The van der Waals surface area contributed by atoms with Crippen LogP contribution in [0.4, 0.5) is 4.39 Å².